The molecule has 2 saturated heterocycles. The van der Waals surface area contributed by atoms with Crippen molar-refractivity contribution in [3.05, 3.63) is 73.4 Å². The second kappa shape index (κ2) is 11.1. The molecule has 1 amide bonds. The van der Waals surface area contributed by atoms with Gasteiger partial charge in [0, 0.05) is 55.5 Å². The molecule has 0 saturated carbocycles. The largest absolute Gasteiger partial charge is 0.369 e. The molecule has 10 heteroatoms. The van der Waals surface area contributed by atoms with Gasteiger partial charge in [0.05, 0.1) is 12.2 Å². The summed E-state index contributed by atoms with van der Waals surface area (Å²) < 4.78 is 2.17. The number of aromatic nitrogens is 4. The summed E-state index contributed by atoms with van der Waals surface area (Å²) in [4.78, 5) is 34.4. The number of anilines is 3. The Kier molecular flexibility index (Phi) is 7.21. The summed E-state index contributed by atoms with van der Waals surface area (Å²) in [5.74, 6) is 0.473. The van der Waals surface area contributed by atoms with Gasteiger partial charge < -0.3 is 20.0 Å². The fraction of sp³-hybridized carbons (Fsp3) is 0.310. The fourth-order valence-corrected chi connectivity index (χ4v) is 6.14. The van der Waals surface area contributed by atoms with E-state index in [1.54, 1.807) is 18.0 Å². The van der Waals surface area contributed by atoms with Crippen molar-refractivity contribution in [2.75, 3.05) is 56.5 Å². The van der Waals surface area contributed by atoms with E-state index in [4.69, 9.17) is 9.97 Å². The molecule has 200 valence electrons. The summed E-state index contributed by atoms with van der Waals surface area (Å²) in [5, 5.41) is 4.22. The van der Waals surface area contributed by atoms with Crippen molar-refractivity contribution < 1.29 is 4.79 Å². The van der Waals surface area contributed by atoms with E-state index >= 15 is 0 Å². The molecule has 1 atom stereocenters. The Morgan fingerprint density at radius 3 is 2.54 bits per heavy atom. The Morgan fingerprint density at radius 1 is 1.03 bits per heavy atom. The van der Waals surface area contributed by atoms with E-state index in [-0.39, 0.29) is 11.9 Å². The van der Waals surface area contributed by atoms with Crippen LogP contribution in [-0.4, -0.2) is 81.5 Å². The highest BCUT2D eigenvalue weighted by Gasteiger charge is 2.30. The SMILES string of the molecule is C=CC(=O)N1CC[C@H](n2c(Sc3ccccc3)nc3cnc(Nc4ccc(N5CCN(C)CC5)cc4)nc32)C1. The number of hydrogen-bond donors (Lipinski definition) is 1. The Labute approximate surface area is 232 Å². The van der Waals surface area contributed by atoms with Gasteiger partial charge >= 0.3 is 0 Å². The van der Waals surface area contributed by atoms with Gasteiger partial charge in [-0.25, -0.2) is 9.97 Å². The van der Waals surface area contributed by atoms with Crippen LogP contribution >= 0.6 is 11.8 Å². The van der Waals surface area contributed by atoms with Crippen molar-refractivity contribution in [1.29, 1.82) is 0 Å². The van der Waals surface area contributed by atoms with Crippen LogP contribution in [0.15, 0.2) is 83.5 Å². The molecule has 0 bridgehead atoms. The monoisotopic (exact) mass is 540 g/mol. The quantitative estimate of drug-likeness (QED) is 0.345. The fourth-order valence-electron chi connectivity index (χ4n) is 5.16. The number of imidazole rings is 1. The Balaban J connectivity index is 1.28. The molecule has 9 nitrogen and oxygen atoms in total. The minimum Gasteiger partial charge on any atom is -0.369 e. The second-order valence-corrected chi connectivity index (χ2v) is 11.0. The number of rotatable bonds is 7. The van der Waals surface area contributed by atoms with Gasteiger partial charge in [-0.3, -0.25) is 9.36 Å². The number of piperazine rings is 1. The lowest BCUT2D eigenvalue weighted by molar-refractivity contribution is -0.125. The molecule has 2 fully saturated rings. The molecule has 0 unspecified atom stereocenters. The van der Waals surface area contributed by atoms with E-state index in [1.165, 1.54) is 11.8 Å². The molecule has 4 aromatic rings. The minimum absolute atomic E-state index is 0.0452. The van der Waals surface area contributed by atoms with E-state index in [0.29, 0.717) is 19.0 Å². The summed E-state index contributed by atoms with van der Waals surface area (Å²) in [6.07, 6.45) is 3.98. The lowest BCUT2D eigenvalue weighted by atomic mass is 10.2. The average molecular weight is 541 g/mol. The zero-order chi connectivity index (χ0) is 26.8. The molecule has 4 heterocycles. The summed E-state index contributed by atoms with van der Waals surface area (Å²) in [7, 11) is 2.17. The smallest absolute Gasteiger partial charge is 0.246 e. The molecule has 0 spiro atoms. The maximum absolute atomic E-state index is 12.3. The van der Waals surface area contributed by atoms with Crippen LogP contribution in [0.25, 0.3) is 11.2 Å². The highest BCUT2D eigenvalue weighted by Crippen LogP contribution is 2.35. The number of carbonyl (C=O) groups excluding carboxylic acids is 1. The first-order valence-corrected chi connectivity index (χ1v) is 14.1. The van der Waals surface area contributed by atoms with E-state index in [9.17, 15) is 4.79 Å². The number of likely N-dealkylation sites (tertiary alicyclic amines) is 1. The lowest BCUT2D eigenvalue weighted by Crippen LogP contribution is -2.44. The maximum atomic E-state index is 12.3. The summed E-state index contributed by atoms with van der Waals surface area (Å²) >= 11 is 1.60. The first-order valence-electron chi connectivity index (χ1n) is 13.3. The topological polar surface area (TPSA) is 82.4 Å². The van der Waals surface area contributed by atoms with Crippen molar-refractivity contribution in [2.24, 2.45) is 0 Å². The number of carbonyl (C=O) groups is 1. The van der Waals surface area contributed by atoms with E-state index in [0.717, 1.165) is 59.5 Å². The Bertz CT molecular complexity index is 1460. The number of hydrogen-bond acceptors (Lipinski definition) is 8. The number of nitrogens with one attached hydrogen (secondary N) is 1. The number of nitrogens with zero attached hydrogens (tertiary/aromatic N) is 7. The highest BCUT2D eigenvalue weighted by molar-refractivity contribution is 7.99. The van der Waals surface area contributed by atoms with Crippen LogP contribution in [0.1, 0.15) is 12.5 Å². The molecule has 2 aromatic carbocycles. The first kappa shape index (κ1) is 25.4. The van der Waals surface area contributed by atoms with Crippen molar-refractivity contribution in [3.63, 3.8) is 0 Å². The predicted octanol–water partition coefficient (Wildman–Crippen LogP) is 4.43. The normalized spacial score (nSPS) is 18.0. The molecule has 39 heavy (non-hydrogen) atoms. The predicted molar refractivity (Wildman–Crippen MR) is 156 cm³/mol. The van der Waals surface area contributed by atoms with Crippen LogP contribution in [0.3, 0.4) is 0 Å². The van der Waals surface area contributed by atoms with Gasteiger partial charge in [-0.1, -0.05) is 36.5 Å². The van der Waals surface area contributed by atoms with Crippen molar-refractivity contribution >= 4 is 46.2 Å². The molecule has 2 aliphatic rings. The van der Waals surface area contributed by atoms with Gasteiger partial charge in [0.1, 0.15) is 5.52 Å². The maximum Gasteiger partial charge on any atom is 0.246 e. The van der Waals surface area contributed by atoms with Crippen LogP contribution in [0.5, 0.6) is 0 Å². The molecule has 2 aromatic heterocycles. The summed E-state index contributed by atoms with van der Waals surface area (Å²) in [6, 6.07) is 18.7. The lowest BCUT2D eigenvalue weighted by Gasteiger charge is -2.34. The van der Waals surface area contributed by atoms with Crippen LogP contribution in [-0.2, 0) is 4.79 Å². The number of benzene rings is 2. The zero-order valence-corrected chi connectivity index (χ0v) is 22.8. The van der Waals surface area contributed by atoms with Gasteiger partial charge in [-0.2, -0.15) is 4.98 Å². The Morgan fingerprint density at radius 2 is 1.79 bits per heavy atom. The number of likely N-dealkylation sites (N-methyl/N-ethyl adjacent to an activating group) is 1. The third-order valence-corrected chi connectivity index (χ3v) is 8.34. The van der Waals surface area contributed by atoms with Crippen LogP contribution in [0.2, 0.25) is 0 Å². The first-order chi connectivity index (χ1) is 19.1. The van der Waals surface area contributed by atoms with Gasteiger partial charge in [0.2, 0.25) is 11.9 Å². The van der Waals surface area contributed by atoms with E-state index in [1.807, 2.05) is 23.1 Å². The number of fused-ring (bicyclic) bond motifs is 1. The average Bonchev–Trinajstić information content (AvgIpc) is 3.58. The van der Waals surface area contributed by atoms with Crippen molar-refractivity contribution in [1.82, 2.24) is 29.3 Å². The van der Waals surface area contributed by atoms with Gasteiger partial charge in [0.25, 0.3) is 0 Å². The molecule has 2 aliphatic heterocycles. The molecule has 0 aliphatic carbocycles. The van der Waals surface area contributed by atoms with Gasteiger partial charge in [-0.05, 0) is 55.9 Å². The molecule has 0 radical (unpaired) electrons. The van der Waals surface area contributed by atoms with E-state index in [2.05, 4.69) is 74.7 Å². The van der Waals surface area contributed by atoms with Crippen LogP contribution < -0.4 is 10.2 Å². The van der Waals surface area contributed by atoms with Crippen molar-refractivity contribution in [2.45, 2.75) is 22.5 Å². The van der Waals surface area contributed by atoms with Crippen molar-refractivity contribution in [3.8, 4) is 0 Å². The van der Waals surface area contributed by atoms with Gasteiger partial charge in [0.15, 0.2) is 10.8 Å². The van der Waals surface area contributed by atoms with Gasteiger partial charge in [-0.15, -0.1) is 0 Å². The standard InChI is InChI=1S/C29H32N8OS/c1-3-26(38)36-14-13-23(20-36)37-27-25(32-29(37)39-24-7-5-4-6-8-24)19-30-28(33-27)31-21-9-11-22(12-10-21)35-17-15-34(2)16-18-35/h3-12,19,23H,1,13-18,20H2,2H3,(H,30,31,33)/t23-/m0/s1. The second-order valence-electron chi connectivity index (χ2n) is 9.98. The molecule has 6 rings (SSSR count). The van der Waals surface area contributed by atoms with Crippen LogP contribution in [0, 0.1) is 0 Å². The molecular weight excluding hydrogens is 508 g/mol. The minimum atomic E-state index is -0.0452. The number of amides is 1. The molecular formula is C29H32N8OS. The third-order valence-electron chi connectivity index (χ3n) is 7.36. The Hall–Kier alpha value is -3.89. The highest BCUT2D eigenvalue weighted by atomic mass is 32.2. The van der Waals surface area contributed by atoms with E-state index < -0.39 is 0 Å². The zero-order valence-electron chi connectivity index (χ0n) is 22.0. The summed E-state index contributed by atoms with van der Waals surface area (Å²) in [5.41, 5.74) is 3.65. The van der Waals surface area contributed by atoms with Crippen LogP contribution in [0.4, 0.5) is 17.3 Å². The summed E-state index contributed by atoms with van der Waals surface area (Å²) in [6.45, 7) is 9.15. The molecule has 1 N–H and O–H groups in total. The third kappa shape index (κ3) is 5.48.